The minimum absolute atomic E-state index is 0.165. The third-order valence-electron chi connectivity index (χ3n) is 6.17. The first kappa shape index (κ1) is 24.9. The number of nitrogens with two attached hydrogens (primary N) is 2. The van der Waals surface area contributed by atoms with E-state index in [0.29, 0.717) is 27.9 Å². The smallest absolute Gasteiger partial charge is 0.274 e. The Hall–Kier alpha value is -3.77. The maximum absolute atomic E-state index is 11.3. The molecule has 0 amide bonds. The van der Waals surface area contributed by atoms with Crippen molar-refractivity contribution in [2.75, 3.05) is 19.4 Å². The Kier molecular flexibility index (Phi) is 6.46. The molecule has 13 heteroatoms. The van der Waals surface area contributed by atoms with Crippen molar-refractivity contribution in [2.45, 2.75) is 24.5 Å². The Labute approximate surface area is 212 Å². The van der Waals surface area contributed by atoms with E-state index >= 15 is 0 Å². The third kappa shape index (κ3) is 4.69. The molecule has 0 saturated carbocycles. The van der Waals surface area contributed by atoms with Gasteiger partial charge in [0.1, 0.15) is 41.9 Å². The fourth-order valence-electron chi connectivity index (χ4n) is 4.40. The van der Waals surface area contributed by atoms with E-state index in [1.54, 1.807) is 13.3 Å². The van der Waals surface area contributed by atoms with Crippen LogP contribution in [0.5, 0.6) is 5.75 Å². The molecular weight excluding hydrogens is 500 g/mol. The lowest BCUT2D eigenvalue weighted by Gasteiger charge is -2.17. The summed E-state index contributed by atoms with van der Waals surface area (Å²) in [5.41, 5.74) is 7.62. The maximum Gasteiger partial charge on any atom is 0.274 e. The van der Waals surface area contributed by atoms with Crippen molar-refractivity contribution in [3.8, 4) is 17.6 Å². The first-order chi connectivity index (χ1) is 17.7. The van der Waals surface area contributed by atoms with Crippen LogP contribution in [0.25, 0.3) is 21.8 Å². The number of fused-ring (bicyclic) bond motifs is 2. The van der Waals surface area contributed by atoms with Gasteiger partial charge in [-0.15, -0.1) is 0 Å². The van der Waals surface area contributed by atoms with E-state index in [1.165, 1.54) is 10.9 Å². The molecule has 2 aromatic carbocycles. The number of anilines is 1. The zero-order valence-corrected chi connectivity index (χ0v) is 20.4. The molecule has 1 aliphatic rings. The molecule has 0 unspecified atom stereocenters. The van der Waals surface area contributed by atoms with E-state index in [4.69, 9.17) is 20.3 Å². The summed E-state index contributed by atoms with van der Waals surface area (Å²) in [4.78, 5) is 8.36. The van der Waals surface area contributed by atoms with Crippen LogP contribution in [0.15, 0.2) is 48.9 Å². The normalized spacial score (nSPS) is 21.7. The highest BCUT2D eigenvalue weighted by atomic mass is 32.2. The summed E-state index contributed by atoms with van der Waals surface area (Å²) < 4.78 is 37.4. The van der Waals surface area contributed by atoms with Crippen molar-refractivity contribution in [3.05, 3.63) is 60.0 Å². The highest BCUT2D eigenvalue weighted by Crippen LogP contribution is 2.34. The molecule has 7 N–H and O–H groups in total. The molecule has 1 aliphatic heterocycles. The molecular formula is C24H24N6O6S. The van der Waals surface area contributed by atoms with Gasteiger partial charge in [-0.25, -0.2) is 15.1 Å². The number of rotatable bonds is 5. The highest BCUT2D eigenvalue weighted by Gasteiger charge is 2.44. The van der Waals surface area contributed by atoms with E-state index in [9.17, 15) is 18.6 Å². The van der Waals surface area contributed by atoms with E-state index in [1.807, 2.05) is 36.4 Å². The number of ether oxygens (including phenoxy) is 2. The third-order valence-corrected chi connectivity index (χ3v) is 6.74. The molecule has 0 spiro atoms. The number of hydrogen-bond acceptors (Lipinski definition) is 9. The second-order valence-electron chi connectivity index (χ2n) is 8.46. The molecule has 1 fully saturated rings. The van der Waals surface area contributed by atoms with Crippen LogP contribution in [0.2, 0.25) is 0 Å². The van der Waals surface area contributed by atoms with Crippen LogP contribution in [0, 0.1) is 11.8 Å². The Morgan fingerprint density at radius 2 is 1.95 bits per heavy atom. The van der Waals surface area contributed by atoms with Crippen molar-refractivity contribution in [1.29, 1.82) is 0 Å². The van der Waals surface area contributed by atoms with Gasteiger partial charge < -0.3 is 30.0 Å². The number of hydrogen-bond donors (Lipinski definition) is 5. The van der Waals surface area contributed by atoms with Crippen molar-refractivity contribution in [2.24, 2.45) is 5.14 Å². The Bertz CT molecular complexity index is 1660. The van der Waals surface area contributed by atoms with Gasteiger partial charge >= 0.3 is 0 Å². The van der Waals surface area contributed by atoms with E-state index < -0.39 is 34.7 Å². The zero-order valence-electron chi connectivity index (χ0n) is 19.6. The van der Waals surface area contributed by atoms with Gasteiger partial charge in [0, 0.05) is 18.1 Å². The SMILES string of the molecule is COc1ccc2ccccc2c1C#Cc1cn([C@@H]2O[C@H](CNS(N)(=O)=O)[C@@H](O)[C@H]2O)c2ncnc(N)c12. The molecule has 12 nitrogen and oxygen atoms in total. The monoisotopic (exact) mass is 524 g/mol. The van der Waals surface area contributed by atoms with Crippen LogP contribution >= 0.6 is 0 Å². The maximum atomic E-state index is 11.3. The Morgan fingerprint density at radius 1 is 1.16 bits per heavy atom. The first-order valence-electron chi connectivity index (χ1n) is 11.2. The van der Waals surface area contributed by atoms with E-state index in [-0.39, 0.29) is 12.4 Å². The molecule has 192 valence electrons. The first-order valence-corrected chi connectivity index (χ1v) is 12.7. The fraction of sp³-hybridized carbons (Fsp3) is 0.250. The number of aliphatic hydroxyl groups excluding tert-OH is 2. The topological polar surface area (TPSA) is 188 Å². The Morgan fingerprint density at radius 3 is 2.70 bits per heavy atom. The average Bonchev–Trinajstić information content (AvgIpc) is 3.38. The molecule has 0 bridgehead atoms. The summed E-state index contributed by atoms with van der Waals surface area (Å²) >= 11 is 0. The average molecular weight is 525 g/mol. The van der Waals surface area contributed by atoms with Gasteiger partial charge in [-0.1, -0.05) is 42.2 Å². The predicted molar refractivity (Wildman–Crippen MR) is 135 cm³/mol. The molecule has 37 heavy (non-hydrogen) atoms. The van der Waals surface area contributed by atoms with Crippen LogP contribution < -0.4 is 20.3 Å². The van der Waals surface area contributed by atoms with Gasteiger partial charge in [0.05, 0.1) is 23.6 Å². The van der Waals surface area contributed by atoms with Gasteiger partial charge in [0.25, 0.3) is 10.2 Å². The molecule has 0 aliphatic carbocycles. The number of aliphatic hydroxyl groups is 2. The standard InChI is InChI=1S/C24H24N6O6S/c1-35-17-9-7-13-4-2-3-5-15(13)16(17)8-6-14-11-30(23-19(14)22(25)27-12-28-23)24-21(32)20(31)18(36-24)10-29-37(26,33)34/h2-5,7,9,11-12,18,20-21,24,29,31-32H,10H2,1H3,(H2,25,27,28)(H2,26,33,34)/t18-,20-,21-,24-/m1/s1. The van der Waals surface area contributed by atoms with Gasteiger partial charge in [-0.2, -0.15) is 13.1 Å². The van der Waals surface area contributed by atoms with Crippen LogP contribution in [0.4, 0.5) is 5.82 Å². The van der Waals surface area contributed by atoms with Crippen LogP contribution in [0.1, 0.15) is 17.4 Å². The number of benzene rings is 2. The molecule has 2 aromatic heterocycles. The van der Waals surface area contributed by atoms with Crippen LogP contribution in [-0.2, 0) is 14.9 Å². The highest BCUT2D eigenvalue weighted by molar-refractivity contribution is 7.87. The fourth-order valence-corrected chi connectivity index (χ4v) is 4.80. The predicted octanol–water partition coefficient (Wildman–Crippen LogP) is -0.0126. The number of nitrogens with one attached hydrogen (secondary N) is 1. The summed E-state index contributed by atoms with van der Waals surface area (Å²) in [6.45, 7) is -0.336. The quantitative estimate of drug-likeness (QED) is 0.224. The summed E-state index contributed by atoms with van der Waals surface area (Å²) in [5, 5.41) is 28.5. The van der Waals surface area contributed by atoms with Gasteiger partial charge in [0.15, 0.2) is 6.23 Å². The van der Waals surface area contributed by atoms with Crippen molar-refractivity contribution >= 4 is 37.8 Å². The number of nitrogens with zero attached hydrogens (tertiary/aromatic N) is 3. The second kappa shape index (κ2) is 9.60. The Balaban J connectivity index is 1.58. The van der Waals surface area contributed by atoms with Crippen LogP contribution in [-0.4, -0.2) is 65.1 Å². The minimum Gasteiger partial charge on any atom is -0.495 e. The van der Waals surface area contributed by atoms with Gasteiger partial charge in [0.2, 0.25) is 0 Å². The molecule has 3 heterocycles. The van der Waals surface area contributed by atoms with Crippen molar-refractivity contribution < 1.29 is 28.1 Å². The lowest BCUT2D eigenvalue weighted by molar-refractivity contribution is -0.0327. The second-order valence-corrected chi connectivity index (χ2v) is 9.84. The number of nitrogen functional groups attached to an aromatic ring is 1. The van der Waals surface area contributed by atoms with E-state index in [2.05, 4.69) is 26.5 Å². The minimum atomic E-state index is -4.02. The summed E-state index contributed by atoms with van der Waals surface area (Å²) in [6.07, 6.45) is -2.12. The largest absolute Gasteiger partial charge is 0.495 e. The molecule has 4 atom stereocenters. The lowest BCUT2D eigenvalue weighted by Crippen LogP contribution is -2.42. The van der Waals surface area contributed by atoms with E-state index in [0.717, 1.165) is 10.8 Å². The molecule has 0 radical (unpaired) electrons. The van der Waals surface area contributed by atoms with Crippen LogP contribution in [0.3, 0.4) is 0 Å². The summed E-state index contributed by atoms with van der Waals surface area (Å²) in [5.74, 6) is 7.05. The van der Waals surface area contributed by atoms with Gasteiger partial charge in [-0.3, -0.25) is 0 Å². The summed E-state index contributed by atoms with van der Waals surface area (Å²) in [7, 11) is -2.45. The zero-order chi connectivity index (χ0) is 26.3. The van der Waals surface area contributed by atoms with Crippen molar-refractivity contribution in [3.63, 3.8) is 0 Å². The lowest BCUT2D eigenvalue weighted by atomic mass is 10.0. The molecule has 5 rings (SSSR count). The molecule has 4 aromatic rings. The molecule has 1 saturated heterocycles. The number of methoxy groups -OCH3 is 1. The van der Waals surface area contributed by atoms with Gasteiger partial charge in [-0.05, 0) is 11.5 Å². The summed E-state index contributed by atoms with van der Waals surface area (Å²) in [6, 6.07) is 11.6. The number of aromatic nitrogens is 3. The van der Waals surface area contributed by atoms with Crippen molar-refractivity contribution in [1.82, 2.24) is 19.3 Å².